The average Bonchev–Trinajstić information content (AvgIpc) is 2.99. The van der Waals surface area contributed by atoms with Gasteiger partial charge in [-0.2, -0.15) is 0 Å². The van der Waals surface area contributed by atoms with Crippen molar-refractivity contribution in [2.75, 3.05) is 13.7 Å². The van der Waals surface area contributed by atoms with Crippen LogP contribution in [0.5, 0.6) is 5.75 Å². The number of hydrogen-bond donors (Lipinski definition) is 1. The minimum absolute atomic E-state index is 0.383. The molecule has 0 amide bonds. The molecule has 21 heavy (non-hydrogen) atoms. The summed E-state index contributed by atoms with van der Waals surface area (Å²) in [5.74, 6) is 0.779. The van der Waals surface area contributed by atoms with Crippen molar-refractivity contribution in [2.45, 2.75) is 58.4 Å². The maximum atomic E-state index is 6.19. The Balaban J connectivity index is 2.35. The fraction of sp³-hybridized carbons (Fsp3) is 0.667. The van der Waals surface area contributed by atoms with E-state index >= 15 is 0 Å². The predicted molar refractivity (Wildman–Crippen MR) is 90.2 cm³/mol. The topological polar surface area (TPSA) is 21.3 Å². The van der Waals surface area contributed by atoms with Crippen LogP contribution in [0.25, 0.3) is 0 Å². The Morgan fingerprint density at radius 1 is 1.29 bits per heavy atom. The minimum Gasteiger partial charge on any atom is -0.495 e. The van der Waals surface area contributed by atoms with Gasteiger partial charge in [-0.15, -0.1) is 0 Å². The lowest BCUT2D eigenvalue weighted by molar-refractivity contribution is 0.187. The molecule has 1 saturated carbocycles. The molecule has 2 nitrogen and oxygen atoms in total. The lowest BCUT2D eigenvalue weighted by Gasteiger charge is -2.38. The molecular formula is C18H28ClNO. The monoisotopic (exact) mass is 309 g/mol. The second-order valence-electron chi connectivity index (χ2n) is 6.20. The standard InChI is InChI=1S/C18H28ClNO/c1-4-12-20-17(18(5-2)10-6-7-11-18)14-8-9-15(19)16(13-14)21-3/h8-9,13,17,20H,4-7,10-12H2,1-3H3. The van der Waals surface area contributed by atoms with Crippen LogP contribution in [0.2, 0.25) is 5.02 Å². The van der Waals surface area contributed by atoms with E-state index in [0.29, 0.717) is 16.5 Å². The van der Waals surface area contributed by atoms with E-state index in [1.54, 1.807) is 7.11 Å². The van der Waals surface area contributed by atoms with E-state index in [1.165, 1.54) is 37.7 Å². The fourth-order valence-electron chi connectivity index (χ4n) is 3.76. The van der Waals surface area contributed by atoms with Crippen LogP contribution in [0.3, 0.4) is 0 Å². The Morgan fingerprint density at radius 3 is 2.57 bits per heavy atom. The van der Waals surface area contributed by atoms with Gasteiger partial charge in [0, 0.05) is 6.04 Å². The van der Waals surface area contributed by atoms with Crippen molar-refractivity contribution in [3.05, 3.63) is 28.8 Å². The van der Waals surface area contributed by atoms with Gasteiger partial charge in [-0.3, -0.25) is 0 Å². The van der Waals surface area contributed by atoms with Crippen molar-refractivity contribution in [3.8, 4) is 5.75 Å². The Hall–Kier alpha value is -0.730. The van der Waals surface area contributed by atoms with Crippen LogP contribution in [-0.4, -0.2) is 13.7 Å². The summed E-state index contributed by atoms with van der Waals surface area (Å²) >= 11 is 6.19. The third kappa shape index (κ3) is 3.54. The summed E-state index contributed by atoms with van der Waals surface area (Å²) in [5.41, 5.74) is 1.70. The van der Waals surface area contributed by atoms with Gasteiger partial charge in [0.15, 0.2) is 0 Å². The second-order valence-corrected chi connectivity index (χ2v) is 6.61. The number of halogens is 1. The molecule has 1 aromatic carbocycles. The lowest BCUT2D eigenvalue weighted by Crippen LogP contribution is -2.36. The Labute approximate surface area is 134 Å². The molecule has 3 heteroatoms. The highest BCUT2D eigenvalue weighted by Gasteiger charge is 2.40. The zero-order valence-corrected chi connectivity index (χ0v) is 14.3. The van der Waals surface area contributed by atoms with Gasteiger partial charge in [-0.05, 0) is 55.3 Å². The highest BCUT2D eigenvalue weighted by molar-refractivity contribution is 6.32. The van der Waals surface area contributed by atoms with Crippen molar-refractivity contribution in [1.29, 1.82) is 0 Å². The quantitative estimate of drug-likeness (QED) is 0.732. The molecule has 118 valence electrons. The first-order valence-corrected chi connectivity index (χ1v) is 8.61. The molecule has 0 spiro atoms. The van der Waals surface area contributed by atoms with Crippen LogP contribution in [-0.2, 0) is 0 Å². The summed E-state index contributed by atoms with van der Waals surface area (Å²) < 4.78 is 5.41. The summed E-state index contributed by atoms with van der Waals surface area (Å²) in [6, 6.07) is 6.64. The van der Waals surface area contributed by atoms with E-state index < -0.39 is 0 Å². The summed E-state index contributed by atoms with van der Waals surface area (Å²) in [4.78, 5) is 0. The molecule has 1 aromatic rings. The van der Waals surface area contributed by atoms with Crippen LogP contribution < -0.4 is 10.1 Å². The highest BCUT2D eigenvalue weighted by Crippen LogP contribution is 2.50. The minimum atomic E-state index is 0.383. The van der Waals surface area contributed by atoms with Crippen LogP contribution in [0.4, 0.5) is 0 Å². The van der Waals surface area contributed by atoms with E-state index in [0.717, 1.165) is 18.7 Å². The molecular weight excluding hydrogens is 282 g/mol. The fourth-order valence-corrected chi connectivity index (χ4v) is 3.95. The van der Waals surface area contributed by atoms with E-state index in [4.69, 9.17) is 16.3 Å². The molecule has 0 bridgehead atoms. The van der Waals surface area contributed by atoms with E-state index in [-0.39, 0.29) is 0 Å². The molecule has 1 aliphatic carbocycles. The Kier molecular flexibility index (Phi) is 5.95. The van der Waals surface area contributed by atoms with Gasteiger partial charge in [-0.1, -0.05) is 44.4 Å². The summed E-state index contributed by atoms with van der Waals surface area (Å²) in [5, 5.41) is 4.48. The molecule has 1 atom stereocenters. The molecule has 0 aliphatic heterocycles. The van der Waals surface area contributed by atoms with Gasteiger partial charge in [0.05, 0.1) is 12.1 Å². The molecule has 1 fully saturated rings. The van der Waals surface area contributed by atoms with Crippen molar-refractivity contribution >= 4 is 11.6 Å². The van der Waals surface area contributed by atoms with Crippen molar-refractivity contribution < 1.29 is 4.74 Å². The highest BCUT2D eigenvalue weighted by atomic mass is 35.5. The molecule has 2 rings (SSSR count). The van der Waals surface area contributed by atoms with Gasteiger partial charge in [0.2, 0.25) is 0 Å². The lowest BCUT2D eigenvalue weighted by atomic mass is 9.73. The molecule has 1 aliphatic rings. The SMILES string of the molecule is CCCNC(c1ccc(Cl)c(OC)c1)C1(CC)CCCC1. The van der Waals surface area contributed by atoms with Crippen LogP contribution >= 0.6 is 11.6 Å². The molecule has 0 heterocycles. The third-order valence-corrected chi connectivity index (χ3v) is 5.34. The molecule has 0 radical (unpaired) electrons. The normalized spacial score (nSPS) is 18.7. The zero-order valence-electron chi connectivity index (χ0n) is 13.5. The van der Waals surface area contributed by atoms with E-state index in [9.17, 15) is 0 Å². The van der Waals surface area contributed by atoms with Gasteiger partial charge >= 0.3 is 0 Å². The average molecular weight is 310 g/mol. The largest absolute Gasteiger partial charge is 0.495 e. The van der Waals surface area contributed by atoms with Gasteiger partial charge in [0.1, 0.15) is 5.75 Å². The van der Waals surface area contributed by atoms with Crippen LogP contribution in [0.15, 0.2) is 18.2 Å². The smallest absolute Gasteiger partial charge is 0.137 e. The second kappa shape index (κ2) is 7.51. The van der Waals surface area contributed by atoms with Crippen LogP contribution in [0, 0.1) is 5.41 Å². The maximum Gasteiger partial charge on any atom is 0.137 e. The number of hydrogen-bond acceptors (Lipinski definition) is 2. The number of ether oxygens (including phenoxy) is 1. The van der Waals surface area contributed by atoms with Crippen LogP contribution in [0.1, 0.15) is 64.0 Å². The third-order valence-electron chi connectivity index (χ3n) is 5.02. The van der Waals surface area contributed by atoms with Gasteiger partial charge < -0.3 is 10.1 Å². The Bertz CT molecular complexity index is 455. The molecule has 1 N–H and O–H groups in total. The van der Waals surface area contributed by atoms with Crippen molar-refractivity contribution in [3.63, 3.8) is 0 Å². The maximum absolute atomic E-state index is 6.19. The Morgan fingerprint density at radius 2 is 2.00 bits per heavy atom. The number of methoxy groups -OCH3 is 1. The molecule has 1 unspecified atom stereocenters. The number of rotatable bonds is 7. The van der Waals surface area contributed by atoms with E-state index in [2.05, 4.69) is 31.3 Å². The van der Waals surface area contributed by atoms with E-state index in [1.807, 2.05) is 6.07 Å². The summed E-state index contributed by atoms with van der Waals surface area (Å²) in [6.07, 6.45) is 7.71. The summed E-state index contributed by atoms with van der Waals surface area (Å²) in [7, 11) is 1.69. The van der Waals surface area contributed by atoms with Crippen molar-refractivity contribution in [2.24, 2.45) is 5.41 Å². The van der Waals surface area contributed by atoms with Crippen molar-refractivity contribution in [1.82, 2.24) is 5.32 Å². The number of nitrogens with one attached hydrogen (secondary N) is 1. The van der Waals surface area contributed by atoms with Gasteiger partial charge in [-0.25, -0.2) is 0 Å². The summed E-state index contributed by atoms with van der Waals surface area (Å²) in [6.45, 7) is 5.61. The first kappa shape index (κ1) is 16.6. The zero-order chi connectivity index (χ0) is 15.3. The molecule has 0 aromatic heterocycles. The number of benzene rings is 1. The first-order valence-electron chi connectivity index (χ1n) is 8.23. The van der Waals surface area contributed by atoms with Gasteiger partial charge in [0.25, 0.3) is 0 Å². The molecule has 0 saturated heterocycles. The first-order chi connectivity index (χ1) is 10.2. The predicted octanol–water partition coefficient (Wildman–Crippen LogP) is 5.36.